The normalized spacial score (nSPS) is 19.5. The van der Waals surface area contributed by atoms with Crippen molar-refractivity contribution in [2.45, 2.75) is 65.3 Å². The van der Waals surface area contributed by atoms with Crippen LogP contribution in [0.4, 0.5) is 4.79 Å². The van der Waals surface area contributed by atoms with Crippen molar-refractivity contribution in [3.8, 4) is 0 Å². The molecule has 0 aromatic carbocycles. The van der Waals surface area contributed by atoms with Crippen LogP contribution in [0, 0.1) is 0 Å². The quantitative estimate of drug-likeness (QED) is 0.833. The van der Waals surface area contributed by atoms with Gasteiger partial charge in [-0.2, -0.15) is 0 Å². The number of hydrogen-bond donors (Lipinski definition) is 1. The van der Waals surface area contributed by atoms with Gasteiger partial charge in [-0.05, 0) is 60.0 Å². The van der Waals surface area contributed by atoms with E-state index in [0.717, 1.165) is 11.2 Å². The van der Waals surface area contributed by atoms with Crippen molar-refractivity contribution in [1.29, 1.82) is 0 Å². The Morgan fingerprint density at radius 1 is 1.31 bits per heavy atom. The number of alkyl carbamates (subject to hydrolysis) is 1. The number of aromatic nitrogens is 2. The summed E-state index contributed by atoms with van der Waals surface area (Å²) in [5.41, 5.74) is 0.0511. The van der Waals surface area contributed by atoms with Gasteiger partial charge in [0.1, 0.15) is 5.60 Å². The molecule has 0 aliphatic carbocycles. The second kappa shape index (κ2) is 7.08. The number of ether oxygens (including phenoxy) is 1. The van der Waals surface area contributed by atoms with Crippen LogP contribution >= 0.6 is 0 Å². The lowest BCUT2D eigenvalue weighted by molar-refractivity contribution is 0.00578. The van der Waals surface area contributed by atoms with Gasteiger partial charge in [0.25, 0.3) is 0 Å². The molecule has 0 bridgehead atoms. The van der Waals surface area contributed by atoms with E-state index in [-0.39, 0.29) is 6.54 Å². The zero-order chi connectivity index (χ0) is 19.8. The molecule has 0 radical (unpaired) electrons. The van der Waals surface area contributed by atoms with Crippen LogP contribution in [0.3, 0.4) is 0 Å². The number of amides is 1. The molecule has 1 aliphatic heterocycles. The number of nitrogens with one attached hydrogen (secondary N) is 1. The highest BCUT2D eigenvalue weighted by atomic mass is 16.7. The topological polar surface area (TPSA) is 74.6 Å². The summed E-state index contributed by atoms with van der Waals surface area (Å²) >= 11 is 0. The minimum absolute atomic E-state index is 0.238. The number of carbonyl (C=O) groups is 1. The van der Waals surface area contributed by atoms with Crippen LogP contribution in [0.1, 0.15) is 54.2 Å². The fourth-order valence-corrected chi connectivity index (χ4v) is 2.38. The van der Waals surface area contributed by atoms with E-state index in [4.69, 9.17) is 14.0 Å². The summed E-state index contributed by atoms with van der Waals surface area (Å²) in [4.78, 5) is 16.3. The molecule has 1 fully saturated rings. The summed E-state index contributed by atoms with van der Waals surface area (Å²) in [6, 6.07) is 0. The summed E-state index contributed by atoms with van der Waals surface area (Å²) in [6.07, 6.45) is 4.99. The number of hydrogen-bond acceptors (Lipinski definition) is 5. The molecule has 26 heavy (non-hydrogen) atoms. The molecule has 144 valence electrons. The van der Waals surface area contributed by atoms with Crippen molar-refractivity contribution in [3.05, 3.63) is 23.7 Å². The van der Waals surface area contributed by atoms with Gasteiger partial charge in [0.05, 0.1) is 23.2 Å². The molecule has 8 heteroatoms. The maximum atomic E-state index is 12.0. The second-order valence-corrected chi connectivity index (χ2v) is 8.63. The lowest BCUT2D eigenvalue weighted by Crippen LogP contribution is -2.41. The van der Waals surface area contributed by atoms with Crippen molar-refractivity contribution in [1.82, 2.24) is 14.9 Å². The van der Waals surface area contributed by atoms with Crippen LogP contribution in [0.15, 0.2) is 18.0 Å². The molecule has 2 heterocycles. The molecule has 7 nitrogen and oxygen atoms in total. The predicted octanol–water partition coefficient (Wildman–Crippen LogP) is 2.96. The number of rotatable bonds is 4. The van der Waals surface area contributed by atoms with Gasteiger partial charge in [0, 0.05) is 19.8 Å². The van der Waals surface area contributed by atoms with Crippen molar-refractivity contribution >= 4 is 19.3 Å². The minimum Gasteiger partial charge on any atom is -0.444 e. The molecule has 0 spiro atoms. The third-order valence-electron chi connectivity index (χ3n) is 4.45. The fourth-order valence-electron chi connectivity index (χ4n) is 2.38. The first-order valence-electron chi connectivity index (χ1n) is 8.80. The van der Waals surface area contributed by atoms with Crippen molar-refractivity contribution < 1.29 is 18.8 Å². The molecule has 1 aliphatic rings. The predicted molar refractivity (Wildman–Crippen MR) is 102 cm³/mol. The van der Waals surface area contributed by atoms with Gasteiger partial charge in [-0.3, -0.25) is 0 Å². The molecule has 0 atom stereocenters. The first kappa shape index (κ1) is 20.5. The van der Waals surface area contributed by atoms with E-state index in [1.165, 1.54) is 0 Å². The molecule has 2 rings (SSSR count). The SMILES string of the molecule is Cn1cnc(C=C(CNC(=O)OC(C)(C)C)B2OC(C)(C)C(C)(C)O2)c1. The Labute approximate surface area is 156 Å². The van der Waals surface area contributed by atoms with Crippen LogP contribution < -0.4 is 5.32 Å². The van der Waals surface area contributed by atoms with Crippen molar-refractivity contribution in [2.24, 2.45) is 7.05 Å². The molecule has 0 saturated carbocycles. The van der Waals surface area contributed by atoms with Gasteiger partial charge in [0.15, 0.2) is 0 Å². The van der Waals surface area contributed by atoms with Crippen LogP contribution in [0.25, 0.3) is 6.08 Å². The molecule has 1 aromatic heterocycles. The Morgan fingerprint density at radius 2 is 1.88 bits per heavy atom. The Balaban J connectivity index is 2.18. The zero-order valence-corrected chi connectivity index (χ0v) is 17.0. The lowest BCUT2D eigenvalue weighted by atomic mass is 9.77. The Hall–Kier alpha value is -1.80. The maximum absolute atomic E-state index is 12.0. The largest absolute Gasteiger partial charge is 0.492 e. The third-order valence-corrected chi connectivity index (χ3v) is 4.45. The van der Waals surface area contributed by atoms with Gasteiger partial charge in [-0.1, -0.05) is 0 Å². The Bertz CT molecular complexity index is 673. The maximum Gasteiger partial charge on any atom is 0.492 e. The van der Waals surface area contributed by atoms with Crippen LogP contribution in [-0.2, 0) is 21.1 Å². The smallest absolute Gasteiger partial charge is 0.444 e. The van der Waals surface area contributed by atoms with E-state index in [9.17, 15) is 4.79 Å². The van der Waals surface area contributed by atoms with Gasteiger partial charge >= 0.3 is 13.2 Å². The molecule has 1 saturated heterocycles. The lowest BCUT2D eigenvalue weighted by Gasteiger charge is -2.32. The molecule has 0 unspecified atom stereocenters. The van der Waals surface area contributed by atoms with Gasteiger partial charge in [-0.25, -0.2) is 9.78 Å². The van der Waals surface area contributed by atoms with Crippen LogP contribution in [0.2, 0.25) is 0 Å². The second-order valence-electron chi connectivity index (χ2n) is 8.63. The first-order chi connectivity index (χ1) is 11.8. The summed E-state index contributed by atoms with van der Waals surface area (Å²) in [6.45, 7) is 13.7. The minimum atomic E-state index is -0.572. The highest BCUT2D eigenvalue weighted by molar-refractivity contribution is 6.56. The van der Waals surface area contributed by atoms with E-state index in [2.05, 4.69) is 10.3 Å². The molecular formula is C18H30BN3O4. The van der Waals surface area contributed by atoms with Gasteiger partial charge in [-0.15, -0.1) is 0 Å². The van der Waals surface area contributed by atoms with Gasteiger partial charge < -0.3 is 23.9 Å². The third kappa shape index (κ3) is 5.11. The average molecular weight is 363 g/mol. The highest BCUT2D eigenvalue weighted by Gasteiger charge is 2.52. The van der Waals surface area contributed by atoms with E-state index in [1.807, 2.05) is 72.4 Å². The molecule has 1 aromatic rings. The zero-order valence-electron chi connectivity index (χ0n) is 17.0. The van der Waals surface area contributed by atoms with Crippen molar-refractivity contribution in [3.63, 3.8) is 0 Å². The number of nitrogens with zero attached hydrogens (tertiary/aromatic N) is 2. The Kier molecular flexibility index (Phi) is 5.59. The molecular weight excluding hydrogens is 333 g/mol. The standard InChI is InChI=1S/C18H30BN3O4/c1-16(2,3)24-15(23)20-10-13(9-14-11-22(8)12-21-14)19-25-17(4,5)18(6,7)26-19/h9,11-12H,10H2,1-8H3,(H,20,23). The summed E-state index contributed by atoms with van der Waals surface area (Å²) in [5.74, 6) is 0. The van der Waals surface area contributed by atoms with E-state index < -0.39 is 30.0 Å². The van der Waals surface area contributed by atoms with Crippen molar-refractivity contribution in [2.75, 3.05) is 6.54 Å². The fraction of sp³-hybridized carbons (Fsp3) is 0.667. The van der Waals surface area contributed by atoms with E-state index in [0.29, 0.717) is 0 Å². The molecule has 1 amide bonds. The highest BCUT2D eigenvalue weighted by Crippen LogP contribution is 2.38. The summed E-state index contributed by atoms with van der Waals surface area (Å²) < 4.78 is 19.4. The number of aryl methyl sites for hydroxylation is 1. The first-order valence-corrected chi connectivity index (χ1v) is 8.80. The monoisotopic (exact) mass is 363 g/mol. The average Bonchev–Trinajstić information content (AvgIpc) is 2.93. The van der Waals surface area contributed by atoms with Crippen LogP contribution in [-0.4, -0.2) is 46.1 Å². The number of imidazole rings is 1. The summed E-state index contributed by atoms with van der Waals surface area (Å²) in [7, 11) is 1.33. The van der Waals surface area contributed by atoms with E-state index in [1.54, 1.807) is 6.33 Å². The van der Waals surface area contributed by atoms with E-state index >= 15 is 0 Å². The summed E-state index contributed by atoms with van der Waals surface area (Å²) in [5, 5.41) is 2.77. The molecule has 1 N–H and O–H groups in total. The van der Waals surface area contributed by atoms with Crippen LogP contribution in [0.5, 0.6) is 0 Å². The Morgan fingerprint density at radius 3 is 2.35 bits per heavy atom. The number of carbonyl (C=O) groups excluding carboxylic acids is 1. The van der Waals surface area contributed by atoms with Gasteiger partial charge in [0.2, 0.25) is 0 Å².